The second-order valence-corrected chi connectivity index (χ2v) is 6.60. The number of rotatable bonds is 9. The Balaban J connectivity index is 1.68. The van der Waals surface area contributed by atoms with Gasteiger partial charge in [0.1, 0.15) is 0 Å². The third-order valence-electron chi connectivity index (χ3n) is 4.65. The van der Waals surface area contributed by atoms with Crippen LogP contribution in [0.15, 0.2) is 4.52 Å². The number of hydrogen-bond acceptors (Lipinski definition) is 4. The van der Waals surface area contributed by atoms with Gasteiger partial charge in [0.2, 0.25) is 5.89 Å². The zero-order valence-electron chi connectivity index (χ0n) is 13.6. The SMILES string of the molecule is CCCCCCCCCc1nc(C2(N)CCCCC2)no1. The van der Waals surface area contributed by atoms with Crippen LogP contribution in [0, 0.1) is 0 Å². The molecule has 0 saturated heterocycles. The monoisotopic (exact) mass is 293 g/mol. The standard InChI is InChI=1S/C17H31N3O/c1-2-3-4-5-6-7-9-12-15-19-16(20-21-15)17(18)13-10-8-11-14-17/h2-14,18H2,1H3. The van der Waals surface area contributed by atoms with Gasteiger partial charge in [0.25, 0.3) is 0 Å². The van der Waals surface area contributed by atoms with Crippen molar-refractivity contribution in [3.05, 3.63) is 11.7 Å². The summed E-state index contributed by atoms with van der Waals surface area (Å²) in [5.74, 6) is 1.51. The van der Waals surface area contributed by atoms with Crippen LogP contribution in [0.1, 0.15) is 95.7 Å². The third-order valence-corrected chi connectivity index (χ3v) is 4.65. The summed E-state index contributed by atoms with van der Waals surface area (Å²) in [6.07, 6.45) is 15.6. The summed E-state index contributed by atoms with van der Waals surface area (Å²) in [6, 6.07) is 0. The predicted molar refractivity (Wildman–Crippen MR) is 84.9 cm³/mol. The van der Waals surface area contributed by atoms with E-state index in [2.05, 4.69) is 17.1 Å². The molecule has 1 aromatic rings. The number of aromatic nitrogens is 2. The van der Waals surface area contributed by atoms with E-state index in [1.807, 2.05) is 0 Å². The molecule has 1 heterocycles. The molecule has 1 fully saturated rings. The van der Waals surface area contributed by atoms with Crippen molar-refractivity contribution in [3.8, 4) is 0 Å². The van der Waals surface area contributed by atoms with Crippen molar-refractivity contribution in [2.75, 3.05) is 0 Å². The molecular formula is C17H31N3O. The van der Waals surface area contributed by atoms with Gasteiger partial charge in [0.05, 0.1) is 5.54 Å². The van der Waals surface area contributed by atoms with Crippen LogP contribution < -0.4 is 5.73 Å². The Morgan fingerprint density at radius 2 is 1.67 bits per heavy atom. The van der Waals surface area contributed by atoms with E-state index in [0.717, 1.165) is 37.4 Å². The zero-order chi connectivity index (χ0) is 15.0. The highest BCUT2D eigenvalue weighted by molar-refractivity contribution is 5.05. The lowest BCUT2D eigenvalue weighted by molar-refractivity contribution is 0.273. The van der Waals surface area contributed by atoms with Gasteiger partial charge < -0.3 is 10.3 Å². The molecule has 0 amide bonds. The molecule has 1 aliphatic carbocycles. The van der Waals surface area contributed by atoms with Gasteiger partial charge in [-0.15, -0.1) is 0 Å². The van der Waals surface area contributed by atoms with Crippen LogP contribution in [0.4, 0.5) is 0 Å². The average Bonchev–Trinajstić information content (AvgIpc) is 2.97. The van der Waals surface area contributed by atoms with E-state index in [-0.39, 0.29) is 5.54 Å². The molecule has 2 N–H and O–H groups in total. The molecule has 4 heteroatoms. The first-order valence-corrected chi connectivity index (χ1v) is 8.86. The fourth-order valence-electron chi connectivity index (χ4n) is 3.20. The average molecular weight is 293 g/mol. The van der Waals surface area contributed by atoms with E-state index < -0.39 is 0 Å². The molecule has 1 aromatic heterocycles. The summed E-state index contributed by atoms with van der Waals surface area (Å²) in [7, 11) is 0. The Morgan fingerprint density at radius 3 is 2.38 bits per heavy atom. The number of unbranched alkanes of at least 4 members (excludes halogenated alkanes) is 6. The molecule has 1 saturated carbocycles. The van der Waals surface area contributed by atoms with Crippen LogP contribution in [0.2, 0.25) is 0 Å². The van der Waals surface area contributed by atoms with Crippen molar-refractivity contribution in [2.24, 2.45) is 5.73 Å². The van der Waals surface area contributed by atoms with Crippen molar-refractivity contribution in [2.45, 2.75) is 95.9 Å². The Hall–Kier alpha value is -0.900. The normalized spacial score (nSPS) is 18.0. The number of aryl methyl sites for hydroxylation is 1. The van der Waals surface area contributed by atoms with Crippen LogP contribution in [0.25, 0.3) is 0 Å². The summed E-state index contributed by atoms with van der Waals surface area (Å²) in [6.45, 7) is 2.25. The number of hydrogen-bond donors (Lipinski definition) is 1. The maximum absolute atomic E-state index is 6.43. The van der Waals surface area contributed by atoms with Crippen molar-refractivity contribution < 1.29 is 4.52 Å². The molecule has 2 rings (SSSR count). The fraction of sp³-hybridized carbons (Fsp3) is 0.882. The second kappa shape index (κ2) is 8.52. The summed E-state index contributed by atoms with van der Waals surface area (Å²) >= 11 is 0. The predicted octanol–water partition coefficient (Wildman–Crippen LogP) is 4.48. The summed E-state index contributed by atoms with van der Waals surface area (Å²) in [5, 5.41) is 4.14. The van der Waals surface area contributed by atoms with Crippen LogP contribution in [-0.2, 0) is 12.0 Å². The van der Waals surface area contributed by atoms with Crippen LogP contribution in [-0.4, -0.2) is 10.1 Å². The maximum Gasteiger partial charge on any atom is 0.226 e. The lowest BCUT2D eigenvalue weighted by atomic mass is 9.82. The minimum Gasteiger partial charge on any atom is -0.339 e. The molecule has 0 bridgehead atoms. The minimum atomic E-state index is -0.333. The van der Waals surface area contributed by atoms with E-state index in [4.69, 9.17) is 10.3 Å². The lowest BCUT2D eigenvalue weighted by Gasteiger charge is -2.29. The topological polar surface area (TPSA) is 64.9 Å². The van der Waals surface area contributed by atoms with Gasteiger partial charge in [-0.2, -0.15) is 4.98 Å². The summed E-state index contributed by atoms with van der Waals surface area (Å²) in [4.78, 5) is 4.55. The Labute approximate surface area is 128 Å². The Bertz CT molecular complexity index is 396. The summed E-state index contributed by atoms with van der Waals surface area (Å²) < 4.78 is 5.39. The molecule has 0 radical (unpaired) electrons. The third kappa shape index (κ3) is 5.10. The van der Waals surface area contributed by atoms with Crippen molar-refractivity contribution >= 4 is 0 Å². The van der Waals surface area contributed by atoms with Gasteiger partial charge in [0.15, 0.2) is 5.82 Å². The molecule has 1 aliphatic rings. The highest BCUT2D eigenvalue weighted by atomic mass is 16.5. The van der Waals surface area contributed by atoms with Crippen molar-refractivity contribution in [1.82, 2.24) is 10.1 Å². The highest BCUT2D eigenvalue weighted by Crippen LogP contribution is 2.33. The number of nitrogens with two attached hydrogens (primary N) is 1. The van der Waals surface area contributed by atoms with E-state index in [9.17, 15) is 0 Å². The van der Waals surface area contributed by atoms with Gasteiger partial charge in [-0.25, -0.2) is 0 Å². The van der Waals surface area contributed by atoms with Crippen LogP contribution >= 0.6 is 0 Å². The molecule has 0 atom stereocenters. The van der Waals surface area contributed by atoms with Gasteiger partial charge >= 0.3 is 0 Å². The molecule has 0 unspecified atom stereocenters. The molecule has 21 heavy (non-hydrogen) atoms. The first-order valence-electron chi connectivity index (χ1n) is 8.86. The maximum atomic E-state index is 6.43. The number of nitrogens with zero attached hydrogens (tertiary/aromatic N) is 2. The first-order chi connectivity index (χ1) is 10.2. The lowest BCUT2D eigenvalue weighted by Crippen LogP contribution is -2.39. The zero-order valence-corrected chi connectivity index (χ0v) is 13.6. The molecule has 4 nitrogen and oxygen atoms in total. The second-order valence-electron chi connectivity index (χ2n) is 6.60. The molecule has 0 aromatic carbocycles. The minimum absolute atomic E-state index is 0.333. The molecule has 120 valence electrons. The van der Waals surface area contributed by atoms with Gasteiger partial charge in [-0.3, -0.25) is 0 Å². The Morgan fingerprint density at radius 1 is 1.00 bits per heavy atom. The Kier molecular flexibility index (Phi) is 6.68. The van der Waals surface area contributed by atoms with Crippen molar-refractivity contribution in [3.63, 3.8) is 0 Å². The van der Waals surface area contributed by atoms with Crippen LogP contribution in [0.5, 0.6) is 0 Å². The molecule has 0 spiro atoms. The van der Waals surface area contributed by atoms with E-state index in [0.29, 0.717) is 0 Å². The quantitative estimate of drug-likeness (QED) is 0.682. The van der Waals surface area contributed by atoms with E-state index in [1.165, 1.54) is 57.8 Å². The smallest absolute Gasteiger partial charge is 0.226 e. The largest absolute Gasteiger partial charge is 0.339 e. The van der Waals surface area contributed by atoms with E-state index in [1.54, 1.807) is 0 Å². The summed E-state index contributed by atoms with van der Waals surface area (Å²) in [5.41, 5.74) is 6.10. The van der Waals surface area contributed by atoms with Gasteiger partial charge in [0, 0.05) is 6.42 Å². The van der Waals surface area contributed by atoms with Crippen molar-refractivity contribution in [1.29, 1.82) is 0 Å². The van der Waals surface area contributed by atoms with Gasteiger partial charge in [-0.1, -0.05) is 69.9 Å². The van der Waals surface area contributed by atoms with E-state index >= 15 is 0 Å². The van der Waals surface area contributed by atoms with Crippen LogP contribution in [0.3, 0.4) is 0 Å². The highest BCUT2D eigenvalue weighted by Gasteiger charge is 2.34. The molecule has 0 aliphatic heterocycles. The molecular weight excluding hydrogens is 262 g/mol. The van der Waals surface area contributed by atoms with Gasteiger partial charge in [-0.05, 0) is 19.3 Å². The fourth-order valence-corrected chi connectivity index (χ4v) is 3.20. The first kappa shape index (κ1) is 16.5.